The number of rotatable bonds is 3. The van der Waals surface area contributed by atoms with E-state index in [0.29, 0.717) is 6.54 Å². The summed E-state index contributed by atoms with van der Waals surface area (Å²) in [5.41, 5.74) is 0.744. The van der Waals surface area contributed by atoms with E-state index < -0.39 is 0 Å². The summed E-state index contributed by atoms with van der Waals surface area (Å²) in [4.78, 5) is 14.5. The van der Waals surface area contributed by atoms with Gasteiger partial charge in [0.05, 0.1) is 11.9 Å². The number of pyridine rings is 1. The SMILES string of the molecule is CC(=O)NCC=Cc1ccc(O)cn1. The molecule has 0 spiro atoms. The van der Waals surface area contributed by atoms with Crippen LogP contribution in [0.4, 0.5) is 0 Å². The van der Waals surface area contributed by atoms with Gasteiger partial charge in [-0.2, -0.15) is 0 Å². The average molecular weight is 192 g/mol. The minimum Gasteiger partial charge on any atom is -0.506 e. The van der Waals surface area contributed by atoms with Crippen LogP contribution in [0.3, 0.4) is 0 Å². The third-order valence-electron chi connectivity index (χ3n) is 1.53. The number of amides is 1. The Hall–Kier alpha value is -1.84. The fourth-order valence-electron chi connectivity index (χ4n) is 0.878. The fourth-order valence-corrected chi connectivity index (χ4v) is 0.878. The highest BCUT2D eigenvalue weighted by atomic mass is 16.3. The molecule has 0 aliphatic heterocycles. The molecule has 1 aromatic heterocycles. The maximum atomic E-state index is 10.5. The molecule has 0 aliphatic carbocycles. The number of aromatic hydroxyl groups is 1. The molecule has 0 atom stereocenters. The van der Waals surface area contributed by atoms with Crippen molar-refractivity contribution in [3.63, 3.8) is 0 Å². The van der Waals surface area contributed by atoms with Crippen LogP contribution in [0.2, 0.25) is 0 Å². The molecule has 1 aromatic rings. The zero-order valence-corrected chi connectivity index (χ0v) is 7.90. The standard InChI is InChI=1S/C10H12N2O2/c1-8(13)11-6-2-3-9-4-5-10(14)7-12-9/h2-5,7,14H,6H2,1H3,(H,11,13). The molecule has 74 valence electrons. The van der Waals surface area contributed by atoms with Crippen LogP contribution < -0.4 is 5.32 Å². The maximum Gasteiger partial charge on any atom is 0.217 e. The van der Waals surface area contributed by atoms with Crippen molar-refractivity contribution < 1.29 is 9.90 Å². The van der Waals surface area contributed by atoms with Gasteiger partial charge in [-0.05, 0) is 18.2 Å². The second-order valence-electron chi connectivity index (χ2n) is 2.78. The van der Waals surface area contributed by atoms with Crippen molar-refractivity contribution >= 4 is 12.0 Å². The van der Waals surface area contributed by atoms with Gasteiger partial charge >= 0.3 is 0 Å². The normalized spacial score (nSPS) is 10.4. The average Bonchev–Trinajstić information content (AvgIpc) is 2.15. The summed E-state index contributed by atoms with van der Waals surface area (Å²) < 4.78 is 0. The first-order valence-electron chi connectivity index (χ1n) is 4.24. The topological polar surface area (TPSA) is 62.2 Å². The van der Waals surface area contributed by atoms with Gasteiger partial charge in [0.15, 0.2) is 0 Å². The number of carbonyl (C=O) groups is 1. The molecule has 0 saturated heterocycles. The molecule has 0 aromatic carbocycles. The van der Waals surface area contributed by atoms with Gasteiger partial charge in [-0.25, -0.2) is 0 Å². The molecule has 1 amide bonds. The van der Waals surface area contributed by atoms with Gasteiger partial charge in [0.1, 0.15) is 5.75 Å². The Morgan fingerprint density at radius 1 is 1.64 bits per heavy atom. The summed E-state index contributed by atoms with van der Waals surface area (Å²) in [7, 11) is 0. The zero-order valence-electron chi connectivity index (χ0n) is 7.90. The summed E-state index contributed by atoms with van der Waals surface area (Å²) in [6.07, 6.45) is 4.94. The first kappa shape index (κ1) is 10.2. The second-order valence-corrected chi connectivity index (χ2v) is 2.78. The molecule has 0 aliphatic rings. The predicted octanol–water partition coefficient (Wildman–Crippen LogP) is 0.936. The van der Waals surface area contributed by atoms with Crippen LogP contribution in [0.25, 0.3) is 6.08 Å². The van der Waals surface area contributed by atoms with Crippen LogP contribution in [-0.2, 0) is 4.79 Å². The molecule has 0 bridgehead atoms. The molecular weight excluding hydrogens is 180 g/mol. The molecular formula is C10H12N2O2. The quantitative estimate of drug-likeness (QED) is 0.749. The summed E-state index contributed by atoms with van der Waals surface area (Å²) >= 11 is 0. The number of hydrogen-bond acceptors (Lipinski definition) is 3. The second kappa shape index (κ2) is 5.01. The van der Waals surface area contributed by atoms with E-state index in [4.69, 9.17) is 5.11 Å². The lowest BCUT2D eigenvalue weighted by molar-refractivity contribution is -0.118. The largest absolute Gasteiger partial charge is 0.506 e. The van der Waals surface area contributed by atoms with Crippen molar-refractivity contribution in [1.82, 2.24) is 10.3 Å². The van der Waals surface area contributed by atoms with Crippen molar-refractivity contribution in [3.05, 3.63) is 30.1 Å². The Labute approximate surface area is 82.3 Å². The lowest BCUT2D eigenvalue weighted by Gasteiger charge is -1.95. The molecule has 0 radical (unpaired) electrons. The van der Waals surface area contributed by atoms with E-state index >= 15 is 0 Å². The lowest BCUT2D eigenvalue weighted by atomic mass is 10.3. The number of hydrogen-bond donors (Lipinski definition) is 2. The molecule has 4 nitrogen and oxygen atoms in total. The predicted molar refractivity (Wildman–Crippen MR) is 53.6 cm³/mol. The van der Waals surface area contributed by atoms with Crippen LogP contribution in [0.5, 0.6) is 5.75 Å². The molecule has 0 unspecified atom stereocenters. The Morgan fingerprint density at radius 2 is 2.43 bits per heavy atom. The van der Waals surface area contributed by atoms with Crippen LogP contribution in [0, 0.1) is 0 Å². The molecule has 1 heterocycles. The van der Waals surface area contributed by atoms with Crippen molar-refractivity contribution in [1.29, 1.82) is 0 Å². The van der Waals surface area contributed by atoms with Crippen LogP contribution >= 0.6 is 0 Å². The van der Waals surface area contributed by atoms with Crippen LogP contribution in [-0.4, -0.2) is 22.5 Å². The molecule has 0 saturated carbocycles. The Kier molecular flexibility index (Phi) is 3.67. The van der Waals surface area contributed by atoms with Crippen molar-refractivity contribution in [2.45, 2.75) is 6.92 Å². The van der Waals surface area contributed by atoms with E-state index in [1.807, 2.05) is 0 Å². The van der Waals surface area contributed by atoms with E-state index in [0.717, 1.165) is 5.69 Å². The Bertz CT molecular complexity index is 330. The third kappa shape index (κ3) is 3.71. The van der Waals surface area contributed by atoms with Crippen LogP contribution in [0.15, 0.2) is 24.4 Å². The Morgan fingerprint density at radius 3 is 3.00 bits per heavy atom. The van der Waals surface area contributed by atoms with E-state index in [2.05, 4.69) is 10.3 Å². The monoisotopic (exact) mass is 192 g/mol. The van der Waals surface area contributed by atoms with Gasteiger partial charge in [-0.1, -0.05) is 6.08 Å². The van der Waals surface area contributed by atoms with Crippen molar-refractivity contribution in [2.75, 3.05) is 6.54 Å². The molecule has 4 heteroatoms. The smallest absolute Gasteiger partial charge is 0.217 e. The van der Waals surface area contributed by atoms with Gasteiger partial charge < -0.3 is 10.4 Å². The van der Waals surface area contributed by atoms with Gasteiger partial charge in [0.25, 0.3) is 0 Å². The molecule has 14 heavy (non-hydrogen) atoms. The fraction of sp³-hybridized carbons (Fsp3) is 0.200. The highest BCUT2D eigenvalue weighted by Gasteiger charge is 1.89. The van der Waals surface area contributed by atoms with Gasteiger partial charge in [0, 0.05) is 13.5 Å². The third-order valence-corrected chi connectivity index (χ3v) is 1.53. The van der Waals surface area contributed by atoms with E-state index in [1.54, 1.807) is 24.3 Å². The zero-order chi connectivity index (χ0) is 10.4. The Balaban J connectivity index is 2.44. The maximum absolute atomic E-state index is 10.5. The molecule has 0 fully saturated rings. The number of carbonyl (C=O) groups excluding carboxylic acids is 1. The number of nitrogens with zero attached hydrogens (tertiary/aromatic N) is 1. The first-order chi connectivity index (χ1) is 6.68. The minimum absolute atomic E-state index is 0.0617. The summed E-state index contributed by atoms with van der Waals surface area (Å²) in [5.74, 6) is 0.0809. The number of nitrogens with one attached hydrogen (secondary N) is 1. The minimum atomic E-state index is -0.0617. The molecule has 1 rings (SSSR count). The van der Waals surface area contributed by atoms with Gasteiger partial charge in [-0.15, -0.1) is 0 Å². The van der Waals surface area contributed by atoms with Crippen molar-refractivity contribution in [2.24, 2.45) is 0 Å². The lowest BCUT2D eigenvalue weighted by Crippen LogP contribution is -2.19. The van der Waals surface area contributed by atoms with Gasteiger partial charge in [0.2, 0.25) is 5.91 Å². The van der Waals surface area contributed by atoms with E-state index in [9.17, 15) is 4.79 Å². The van der Waals surface area contributed by atoms with Crippen LogP contribution in [0.1, 0.15) is 12.6 Å². The summed E-state index contributed by atoms with van der Waals surface area (Å²) in [6, 6.07) is 3.25. The highest BCUT2D eigenvalue weighted by Crippen LogP contribution is 2.06. The summed E-state index contributed by atoms with van der Waals surface area (Å²) in [5, 5.41) is 11.6. The highest BCUT2D eigenvalue weighted by molar-refractivity contribution is 5.73. The van der Waals surface area contributed by atoms with E-state index in [1.165, 1.54) is 13.1 Å². The number of aromatic nitrogens is 1. The van der Waals surface area contributed by atoms with Gasteiger partial charge in [-0.3, -0.25) is 9.78 Å². The summed E-state index contributed by atoms with van der Waals surface area (Å²) in [6.45, 7) is 1.95. The molecule has 2 N–H and O–H groups in total. The van der Waals surface area contributed by atoms with Crippen molar-refractivity contribution in [3.8, 4) is 5.75 Å². The first-order valence-corrected chi connectivity index (χ1v) is 4.24. The van der Waals surface area contributed by atoms with E-state index in [-0.39, 0.29) is 11.7 Å².